The van der Waals surface area contributed by atoms with Gasteiger partial charge in [0.05, 0.1) is 11.8 Å². The molecule has 0 aromatic heterocycles. The van der Waals surface area contributed by atoms with Crippen molar-refractivity contribution in [2.45, 2.75) is 19.8 Å². The number of halogens is 1. The number of carbonyl (C=O) groups excluding carboxylic acids is 1. The van der Waals surface area contributed by atoms with Crippen LogP contribution in [0.15, 0.2) is 24.3 Å². The molecule has 16 heavy (non-hydrogen) atoms. The number of ketones is 1. The van der Waals surface area contributed by atoms with Gasteiger partial charge in [-0.2, -0.15) is 0 Å². The molecule has 1 aromatic rings. The standard InChI is InChI=1S/C12H13FO3/c1-7(12(15)16)11(8(2)14)9-5-3-4-6-10(9)13/h3-7,11H,1-2H3,(H,15,16). The highest BCUT2D eigenvalue weighted by Crippen LogP contribution is 2.27. The van der Waals surface area contributed by atoms with Gasteiger partial charge in [-0.3, -0.25) is 9.59 Å². The van der Waals surface area contributed by atoms with E-state index in [1.165, 1.54) is 32.0 Å². The monoisotopic (exact) mass is 224 g/mol. The number of carboxylic acid groups (broad SMARTS) is 1. The predicted molar refractivity (Wildman–Crippen MR) is 56.6 cm³/mol. The number of carboxylic acids is 1. The summed E-state index contributed by atoms with van der Waals surface area (Å²) in [6, 6.07) is 5.76. The van der Waals surface area contributed by atoms with E-state index >= 15 is 0 Å². The third kappa shape index (κ3) is 2.45. The smallest absolute Gasteiger partial charge is 0.307 e. The van der Waals surface area contributed by atoms with Gasteiger partial charge in [0.1, 0.15) is 11.6 Å². The molecule has 2 unspecified atom stereocenters. The molecule has 4 heteroatoms. The van der Waals surface area contributed by atoms with Crippen LogP contribution in [-0.2, 0) is 9.59 Å². The first-order valence-electron chi connectivity index (χ1n) is 4.92. The van der Waals surface area contributed by atoms with Gasteiger partial charge in [-0.1, -0.05) is 25.1 Å². The lowest BCUT2D eigenvalue weighted by atomic mass is 9.84. The largest absolute Gasteiger partial charge is 0.481 e. The Hall–Kier alpha value is -1.71. The Morgan fingerprint density at radius 3 is 2.31 bits per heavy atom. The number of hydrogen-bond acceptors (Lipinski definition) is 2. The molecule has 0 bridgehead atoms. The van der Waals surface area contributed by atoms with Crippen LogP contribution < -0.4 is 0 Å². The van der Waals surface area contributed by atoms with Crippen LogP contribution in [0, 0.1) is 11.7 Å². The Morgan fingerprint density at radius 2 is 1.88 bits per heavy atom. The highest BCUT2D eigenvalue weighted by molar-refractivity contribution is 5.88. The van der Waals surface area contributed by atoms with Crippen LogP contribution in [0.5, 0.6) is 0 Å². The van der Waals surface area contributed by atoms with Crippen molar-refractivity contribution in [3.05, 3.63) is 35.6 Å². The topological polar surface area (TPSA) is 54.4 Å². The highest BCUT2D eigenvalue weighted by atomic mass is 19.1. The second-order valence-electron chi connectivity index (χ2n) is 3.74. The fourth-order valence-corrected chi connectivity index (χ4v) is 1.71. The van der Waals surface area contributed by atoms with Crippen molar-refractivity contribution in [1.82, 2.24) is 0 Å². The minimum absolute atomic E-state index is 0.143. The van der Waals surface area contributed by atoms with E-state index in [0.29, 0.717) is 0 Å². The Kier molecular flexibility index (Phi) is 3.77. The minimum atomic E-state index is -1.11. The molecule has 0 spiro atoms. The molecule has 86 valence electrons. The van der Waals surface area contributed by atoms with E-state index in [4.69, 9.17) is 5.11 Å². The molecule has 0 heterocycles. The molecule has 0 fully saturated rings. The van der Waals surface area contributed by atoms with Crippen LogP contribution in [-0.4, -0.2) is 16.9 Å². The molecule has 0 amide bonds. The van der Waals surface area contributed by atoms with Crippen molar-refractivity contribution in [2.75, 3.05) is 0 Å². The first kappa shape index (κ1) is 12.4. The van der Waals surface area contributed by atoms with Crippen LogP contribution in [0.25, 0.3) is 0 Å². The number of rotatable bonds is 4. The predicted octanol–water partition coefficient (Wildman–Crippen LogP) is 2.22. The molecular formula is C12H13FO3. The zero-order chi connectivity index (χ0) is 12.3. The Bertz CT molecular complexity index is 414. The summed E-state index contributed by atoms with van der Waals surface area (Å²) in [5.74, 6) is -3.87. The number of benzene rings is 1. The number of Topliss-reactive ketones (excluding diaryl/α,β-unsaturated/α-hetero) is 1. The van der Waals surface area contributed by atoms with E-state index in [9.17, 15) is 14.0 Å². The normalized spacial score (nSPS) is 14.2. The van der Waals surface area contributed by atoms with Crippen molar-refractivity contribution >= 4 is 11.8 Å². The minimum Gasteiger partial charge on any atom is -0.481 e. The number of aliphatic carboxylic acids is 1. The summed E-state index contributed by atoms with van der Waals surface area (Å²) in [5.41, 5.74) is 0.143. The molecule has 0 aliphatic heterocycles. The van der Waals surface area contributed by atoms with E-state index in [2.05, 4.69) is 0 Å². The van der Waals surface area contributed by atoms with Gasteiger partial charge in [-0.15, -0.1) is 0 Å². The van der Waals surface area contributed by atoms with Gasteiger partial charge in [-0.05, 0) is 18.6 Å². The molecule has 1 rings (SSSR count). The summed E-state index contributed by atoms with van der Waals surface area (Å²) in [4.78, 5) is 22.3. The molecule has 0 radical (unpaired) electrons. The zero-order valence-corrected chi connectivity index (χ0v) is 9.11. The maximum absolute atomic E-state index is 13.5. The quantitative estimate of drug-likeness (QED) is 0.853. The second-order valence-corrected chi connectivity index (χ2v) is 3.74. The average Bonchev–Trinajstić information content (AvgIpc) is 2.20. The second kappa shape index (κ2) is 4.88. The maximum Gasteiger partial charge on any atom is 0.307 e. The third-order valence-corrected chi connectivity index (χ3v) is 2.57. The Labute approximate surface area is 92.9 Å². The summed E-state index contributed by atoms with van der Waals surface area (Å²) >= 11 is 0. The fourth-order valence-electron chi connectivity index (χ4n) is 1.71. The summed E-state index contributed by atoms with van der Waals surface area (Å²) in [6.07, 6.45) is 0. The lowest BCUT2D eigenvalue weighted by Gasteiger charge is -2.18. The molecule has 0 saturated carbocycles. The highest BCUT2D eigenvalue weighted by Gasteiger charge is 2.30. The molecule has 2 atom stereocenters. The summed E-state index contributed by atoms with van der Waals surface area (Å²) in [6.45, 7) is 2.68. The van der Waals surface area contributed by atoms with Gasteiger partial charge in [0.25, 0.3) is 0 Å². The lowest BCUT2D eigenvalue weighted by Crippen LogP contribution is -2.25. The van der Waals surface area contributed by atoms with Crippen molar-refractivity contribution in [1.29, 1.82) is 0 Å². The van der Waals surface area contributed by atoms with E-state index in [0.717, 1.165) is 0 Å². The van der Waals surface area contributed by atoms with Crippen molar-refractivity contribution in [3.63, 3.8) is 0 Å². The van der Waals surface area contributed by atoms with E-state index in [1.54, 1.807) is 6.07 Å². The Morgan fingerprint density at radius 1 is 1.31 bits per heavy atom. The zero-order valence-electron chi connectivity index (χ0n) is 9.11. The summed E-state index contributed by atoms with van der Waals surface area (Å²) in [5, 5.41) is 8.88. The van der Waals surface area contributed by atoms with Crippen molar-refractivity contribution < 1.29 is 19.1 Å². The molecule has 3 nitrogen and oxygen atoms in total. The van der Waals surface area contributed by atoms with Crippen LogP contribution in [0.1, 0.15) is 25.3 Å². The van der Waals surface area contributed by atoms with Crippen molar-refractivity contribution in [2.24, 2.45) is 5.92 Å². The molecule has 0 aliphatic carbocycles. The molecule has 1 N–H and O–H groups in total. The summed E-state index contributed by atoms with van der Waals surface area (Å²) in [7, 11) is 0. The molecular weight excluding hydrogens is 211 g/mol. The summed E-state index contributed by atoms with van der Waals surface area (Å²) < 4.78 is 13.5. The molecule has 1 aromatic carbocycles. The van der Waals surface area contributed by atoms with Crippen LogP contribution in [0.4, 0.5) is 4.39 Å². The SMILES string of the molecule is CC(=O)C(c1ccccc1F)C(C)C(=O)O. The first-order valence-corrected chi connectivity index (χ1v) is 4.92. The number of hydrogen-bond donors (Lipinski definition) is 1. The third-order valence-electron chi connectivity index (χ3n) is 2.57. The van der Waals surface area contributed by atoms with Gasteiger partial charge < -0.3 is 5.11 Å². The average molecular weight is 224 g/mol. The fraction of sp³-hybridized carbons (Fsp3) is 0.333. The van der Waals surface area contributed by atoms with E-state index < -0.39 is 23.6 Å². The first-order chi connectivity index (χ1) is 7.45. The molecule has 0 aliphatic rings. The number of carbonyl (C=O) groups is 2. The lowest BCUT2D eigenvalue weighted by molar-refractivity contribution is -0.143. The van der Waals surface area contributed by atoms with Crippen LogP contribution in [0.3, 0.4) is 0 Å². The maximum atomic E-state index is 13.5. The van der Waals surface area contributed by atoms with Crippen LogP contribution in [0.2, 0.25) is 0 Å². The van der Waals surface area contributed by atoms with Gasteiger partial charge in [0.2, 0.25) is 0 Å². The van der Waals surface area contributed by atoms with Gasteiger partial charge >= 0.3 is 5.97 Å². The van der Waals surface area contributed by atoms with Crippen molar-refractivity contribution in [3.8, 4) is 0 Å². The molecule has 0 saturated heterocycles. The van der Waals surface area contributed by atoms with E-state index in [-0.39, 0.29) is 11.3 Å². The Balaban J connectivity index is 3.18. The van der Waals surface area contributed by atoms with E-state index in [1.807, 2.05) is 0 Å². The van der Waals surface area contributed by atoms with Gasteiger partial charge in [0, 0.05) is 0 Å². The van der Waals surface area contributed by atoms with Gasteiger partial charge in [0.15, 0.2) is 0 Å². The van der Waals surface area contributed by atoms with Crippen LogP contribution >= 0.6 is 0 Å². The van der Waals surface area contributed by atoms with Gasteiger partial charge in [-0.25, -0.2) is 4.39 Å².